The zero-order chi connectivity index (χ0) is 10.5. The number of nitrogens with one attached hydrogen (secondary N) is 1. The normalized spacial score (nSPS) is 9.81. The predicted molar refractivity (Wildman–Crippen MR) is 68.0 cm³/mol. The zero-order valence-corrected chi connectivity index (χ0v) is 10.2. The molecule has 2 rings (SSSR count). The summed E-state index contributed by atoms with van der Waals surface area (Å²) in [7, 11) is 0. The van der Waals surface area contributed by atoms with E-state index in [-0.39, 0.29) is 12.4 Å². The van der Waals surface area contributed by atoms with Gasteiger partial charge < -0.3 is 9.73 Å². The molecule has 0 saturated carbocycles. The van der Waals surface area contributed by atoms with Crippen LogP contribution in [0.15, 0.2) is 47.1 Å². The summed E-state index contributed by atoms with van der Waals surface area (Å²) in [6.45, 7) is 1.47. The molecular weight excluding hydrogens is 245 g/mol. The molecule has 0 aliphatic carbocycles. The summed E-state index contributed by atoms with van der Waals surface area (Å²) in [6, 6.07) is 11.6. The minimum atomic E-state index is 0. The average Bonchev–Trinajstić information content (AvgIpc) is 2.74. The molecule has 86 valence electrons. The monoisotopic (exact) mass is 257 g/mol. The lowest BCUT2D eigenvalue weighted by Gasteiger charge is -2.04. The molecule has 0 amide bonds. The average molecular weight is 258 g/mol. The number of benzene rings is 1. The highest BCUT2D eigenvalue weighted by Gasteiger charge is 1.99. The Hall–Kier alpha value is -0.960. The molecule has 1 N–H and O–H groups in total. The van der Waals surface area contributed by atoms with Gasteiger partial charge in [0.1, 0.15) is 5.76 Å². The van der Waals surface area contributed by atoms with E-state index in [0.717, 1.165) is 29.4 Å². The topological polar surface area (TPSA) is 25.2 Å². The molecule has 4 heteroatoms. The van der Waals surface area contributed by atoms with Crippen molar-refractivity contribution in [3.05, 3.63) is 59.0 Å². The molecule has 16 heavy (non-hydrogen) atoms. The molecule has 0 fully saturated rings. The third-order valence-electron chi connectivity index (χ3n) is 2.15. The van der Waals surface area contributed by atoms with E-state index in [0.29, 0.717) is 0 Å². The van der Waals surface area contributed by atoms with Gasteiger partial charge in [0.2, 0.25) is 0 Å². The second-order valence-electron chi connectivity index (χ2n) is 3.27. The third-order valence-corrected chi connectivity index (χ3v) is 2.52. The van der Waals surface area contributed by atoms with Crippen LogP contribution >= 0.6 is 24.0 Å². The van der Waals surface area contributed by atoms with Crippen molar-refractivity contribution in [2.45, 2.75) is 13.1 Å². The first kappa shape index (κ1) is 13.1. The summed E-state index contributed by atoms with van der Waals surface area (Å²) < 4.78 is 5.21. The molecule has 0 atom stereocenters. The van der Waals surface area contributed by atoms with E-state index in [9.17, 15) is 0 Å². The molecule has 2 nitrogen and oxygen atoms in total. The number of rotatable bonds is 4. The van der Waals surface area contributed by atoms with Crippen molar-refractivity contribution >= 4 is 24.0 Å². The lowest BCUT2D eigenvalue weighted by atomic mass is 10.2. The van der Waals surface area contributed by atoms with Crippen molar-refractivity contribution in [1.29, 1.82) is 0 Å². The number of halogens is 2. The SMILES string of the molecule is Cl.Clc1ccccc1CNCc1ccco1. The molecular formula is C12H13Cl2NO. The molecule has 1 aromatic carbocycles. The molecule has 1 heterocycles. The maximum absolute atomic E-state index is 6.02. The highest BCUT2D eigenvalue weighted by Crippen LogP contribution is 2.14. The standard InChI is InChI=1S/C12H12ClNO.ClH/c13-12-6-2-1-4-10(12)8-14-9-11-5-3-7-15-11;/h1-7,14H,8-9H2;1H. The molecule has 2 aromatic rings. The van der Waals surface area contributed by atoms with E-state index in [1.54, 1.807) is 6.26 Å². The van der Waals surface area contributed by atoms with Crippen LogP contribution < -0.4 is 5.32 Å². The van der Waals surface area contributed by atoms with E-state index in [1.807, 2.05) is 36.4 Å². The van der Waals surface area contributed by atoms with Crippen LogP contribution in [0.1, 0.15) is 11.3 Å². The largest absolute Gasteiger partial charge is 0.468 e. The Labute approximate surface area is 106 Å². The first-order valence-electron chi connectivity index (χ1n) is 4.83. The second kappa shape index (κ2) is 6.59. The summed E-state index contributed by atoms with van der Waals surface area (Å²) in [5.41, 5.74) is 1.10. The van der Waals surface area contributed by atoms with Crippen molar-refractivity contribution < 1.29 is 4.42 Å². The lowest BCUT2D eigenvalue weighted by Crippen LogP contribution is -2.12. The van der Waals surface area contributed by atoms with Gasteiger partial charge in [-0.2, -0.15) is 0 Å². The summed E-state index contributed by atoms with van der Waals surface area (Å²) in [4.78, 5) is 0. The molecule has 1 aromatic heterocycles. The molecule has 0 bridgehead atoms. The number of furan rings is 1. The molecule has 0 radical (unpaired) electrons. The smallest absolute Gasteiger partial charge is 0.117 e. The van der Waals surface area contributed by atoms with Crippen LogP contribution in [0.4, 0.5) is 0 Å². The van der Waals surface area contributed by atoms with E-state index in [4.69, 9.17) is 16.0 Å². The highest BCUT2D eigenvalue weighted by molar-refractivity contribution is 6.31. The first-order chi connectivity index (χ1) is 7.36. The van der Waals surface area contributed by atoms with Gasteiger partial charge in [0.15, 0.2) is 0 Å². The highest BCUT2D eigenvalue weighted by atomic mass is 35.5. The third kappa shape index (κ3) is 3.56. The Morgan fingerprint density at radius 3 is 2.56 bits per heavy atom. The van der Waals surface area contributed by atoms with Crippen LogP contribution in [0.2, 0.25) is 5.02 Å². The van der Waals surface area contributed by atoms with Crippen molar-refractivity contribution in [1.82, 2.24) is 5.32 Å². The fourth-order valence-electron chi connectivity index (χ4n) is 1.38. The Bertz CT molecular complexity index is 415. The van der Waals surface area contributed by atoms with Gasteiger partial charge in [-0.15, -0.1) is 12.4 Å². The maximum Gasteiger partial charge on any atom is 0.117 e. The predicted octanol–water partition coefficient (Wildman–Crippen LogP) is 3.64. The van der Waals surface area contributed by atoms with E-state index >= 15 is 0 Å². The Morgan fingerprint density at radius 1 is 1.06 bits per heavy atom. The van der Waals surface area contributed by atoms with Gasteiger partial charge in [0.25, 0.3) is 0 Å². The van der Waals surface area contributed by atoms with Crippen LogP contribution in [0.5, 0.6) is 0 Å². The molecule has 0 aliphatic heterocycles. The van der Waals surface area contributed by atoms with Gasteiger partial charge in [-0.05, 0) is 23.8 Å². The summed E-state index contributed by atoms with van der Waals surface area (Å²) >= 11 is 6.02. The van der Waals surface area contributed by atoms with E-state index < -0.39 is 0 Å². The summed E-state index contributed by atoms with van der Waals surface area (Å²) in [5.74, 6) is 0.932. The fraction of sp³-hybridized carbons (Fsp3) is 0.167. The van der Waals surface area contributed by atoms with Gasteiger partial charge in [-0.1, -0.05) is 29.8 Å². The Kier molecular flexibility index (Phi) is 5.39. The van der Waals surface area contributed by atoms with Crippen LogP contribution in [-0.2, 0) is 13.1 Å². The minimum absolute atomic E-state index is 0. The van der Waals surface area contributed by atoms with Crippen molar-refractivity contribution in [2.24, 2.45) is 0 Å². The lowest BCUT2D eigenvalue weighted by molar-refractivity contribution is 0.483. The number of hydrogen-bond donors (Lipinski definition) is 1. The van der Waals surface area contributed by atoms with Gasteiger partial charge in [0.05, 0.1) is 12.8 Å². The fourth-order valence-corrected chi connectivity index (χ4v) is 1.58. The van der Waals surface area contributed by atoms with E-state index in [1.165, 1.54) is 0 Å². The van der Waals surface area contributed by atoms with E-state index in [2.05, 4.69) is 5.32 Å². The van der Waals surface area contributed by atoms with Crippen LogP contribution in [-0.4, -0.2) is 0 Å². The van der Waals surface area contributed by atoms with Crippen LogP contribution in [0.3, 0.4) is 0 Å². The number of hydrogen-bond acceptors (Lipinski definition) is 2. The van der Waals surface area contributed by atoms with Crippen molar-refractivity contribution in [2.75, 3.05) is 0 Å². The van der Waals surface area contributed by atoms with Gasteiger partial charge >= 0.3 is 0 Å². The van der Waals surface area contributed by atoms with Crippen LogP contribution in [0, 0.1) is 0 Å². The summed E-state index contributed by atoms with van der Waals surface area (Å²) in [5, 5.41) is 4.06. The first-order valence-corrected chi connectivity index (χ1v) is 5.20. The Morgan fingerprint density at radius 2 is 1.88 bits per heavy atom. The minimum Gasteiger partial charge on any atom is -0.468 e. The molecule has 0 unspecified atom stereocenters. The second-order valence-corrected chi connectivity index (χ2v) is 3.68. The molecule has 0 spiro atoms. The van der Waals surface area contributed by atoms with Gasteiger partial charge in [-0.3, -0.25) is 0 Å². The summed E-state index contributed by atoms with van der Waals surface area (Å²) in [6.07, 6.45) is 1.67. The van der Waals surface area contributed by atoms with Crippen molar-refractivity contribution in [3.63, 3.8) is 0 Å². The molecule has 0 saturated heterocycles. The van der Waals surface area contributed by atoms with Crippen molar-refractivity contribution in [3.8, 4) is 0 Å². The Balaban J connectivity index is 0.00000128. The molecule has 0 aliphatic rings. The van der Waals surface area contributed by atoms with Gasteiger partial charge in [0, 0.05) is 11.6 Å². The quantitative estimate of drug-likeness (QED) is 0.905. The van der Waals surface area contributed by atoms with Gasteiger partial charge in [-0.25, -0.2) is 0 Å². The van der Waals surface area contributed by atoms with Crippen LogP contribution in [0.25, 0.3) is 0 Å². The zero-order valence-electron chi connectivity index (χ0n) is 8.65. The maximum atomic E-state index is 6.02.